The number of rotatable bonds is 2. The van der Waals surface area contributed by atoms with E-state index in [0.29, 0.717) is 40.5 Å². The molecule has 2 aromatic rings. The van der Waals surface area contributed by atoms with Crippen LogP contribution in [-0.4, -0.2) is 39.4 Å². The first-order valence-corrected chi connectivity index (χ1v) is 11.6. The van der Waals surface area contributed by atoms with Crippen molar-refractivity contribution in [3.8, 4) is 0 Å². The summed E-state index contributed by atoms with van der Waals surface area (Å²) in [5.41, 5.74) is 2.28. The first-order valence-electron chi connectivity index (χ1n) is 9.79. The second-order valence-electron chi connectivity index (χ2n) is 7.41. The maximum Gasteiger partial charge on any atom is 0.270 e. The fourth-order valence-electron chi connectivity index (χ4n) is 4.03. The van der Waals surface area contributed by atoms with Crippen LogP contribution in [0.25, 0.3) is 5.57 Å². The molecule has 1 amide bonds. The monoisotopic (exact) mass is 430 g/mol. The third-order valence-corrected chi connectivity index (χ3v) is 7.61. The van der Waals surface area contributed by atoms with Crippen LogP contribution in [0, 0.1) is 0 Å². The van der Waals surface area contributed by atoms with E-state index in [1.807, 2.05) is 30.3 Å². The Kier molecular flexibility index (Phi) is 5.40. The number of anilines is 1. The van der Waals surface area contributed by atoms with Gasteiger partial charge < -0.3 is 4.90 Å². The molecule has 2 aliphatic heterocycles. The van der Waals surface area contributed by atoms with E-state index in [1.54, 1.807) is 23.1 Å². The van der Waals surface area contributed by atoms with Crippen molar-refractivity contribution in [3.05, 3.63) is 69.6 Å². The van der Waals surface area contributed by atoms with E-state index in [9.17, 15) is 13.2 Å². The van der Waals surface area contributed by atoms with Crippen LogP contribution < -0.4 is 4.31 Å². The summed E-state index contributed by atoms with van der Waals surface area (Å²) in [4.78, 5) is 15.1. The zero-order chi connectivity index (χ0) is 20.6. The smallest absolute Gasteiger partial charge is 0.270 e. The lowest BCUT2D eigenvalue weighted by Gasteiger charge is -2.33. The molecule has 2 aromatic carbocycles. The van der Waals surface area contributed by atoms with Gasteiger partial charge in [-0.1, -0.05) is 54.8 Å². The van der Waals surface area contributed by atoms with Gasteiger partial charge in [0.1, 0.15) is 0 Å². The molecule has 0 atom stereocenters. The number of amides is 1. The zero-order valence-electron chi connectivity index (χ0n) is 16.3. The molecule has 1 fully saturated rings. The first-order chi connectivity index (χ1) is 13.9. The van der Waals surface area contributed by atoms with Crippen molar-refractivity contribution in [2.24, 2.45) is 0 Å². The average Bonchev–Trinajstić information content (AvgIpc) is 3.00. The van der Waals surface area contributed by atoms with Gasteiger partial charge in [0.2, 0.25) is 0 Å². The summed E-state index contributed by atoms with van der Waals surface area (Å²) in [6.07, 6.45) is 3.88. The van der Waals surface area contributed by atoms with E-state index in [2.05, 4.69) is 0 Å². The van der Waals surface area contributed by atoms with Crippen molar-refractivity contribution >= 4 is 38.8 Å². The number of carbonyl (C=O) groups excluding carboxylic acids is 1. The average molecular weight is 431 g/mol. The Morgan fingerprint density at radius 2 is 1.62 bits per heavy atom. The van der Waals surface area contributed by atoms with Crippen LogP contribution >= 0.6 is 11.6 Å². The van der Waals surface area contributed by atoms with E-state index in [-0.39, 0.29) is 4.91 Å². The van der Waals surface area contributed by atoms with Gasteiger partial charge in [0.25, 0.3) is 15.9 Å². The molecule has 0 aliphatic carbocycles. The highest BCUT2D eigenvalue weighted by Gasteiger charge is 2.41. The van der Waals surface area contributed by atoms with Gasteiger partial charge in [0.05, 0.1) is 5.69 Å². The highest BCUT2D eigenvalue weighted by atomic mass is 35.5. The Morgan fingerprint density at radius 3 is 2.28 bits per heavy atom. The van der Waals surface area contributed by atoms with Crippen molar-refractivity contribution in [1.29, 1.82) is 0 Å². The van der Waals surface area contributed by atoms with E-state index in [0.717, 1.165) is 25.7 Å². The van der Waals surface area contributed by atoms with Crippen molar-refractivity contribution < 1.29 is 13.2 Å². The third kappa shape index (κ3) is 3.55. The fraction of sp³-hybridized carbons (Fsp3) is 0.318. The molecule has 29 heavy (non-hydrogen) atoms. The Morgan fingerprint density at radius 1 is 0.966 bits per heavy atom. The molecule has 0 aromatic heterocycles. The number of hydrogen-bond acceptors (Lipinski definition) is 3. The predicted octanol–water partition coefficient (Wildman–Crippen LogP) is 4.28. The Labute approximate surface area is 176 Å². The normalized spacial score (nSPS) is 19.0. The highest BCUT2D eigenvalue weighted by Crippen LogP contribution is 2.43. The fourth-order valence-corrected chi connectivity index (χ4v) is 5.73. The lowest BCUT2D eigenvalue weighted by molar-refractivity contribution is -0.126. The second kappa shape index (κ2) is 7.84. The van der Waals surface area contributed by atoms with Crippen LogP contribution in [0.4, 0.5) is 5.69 Å². The molecule has 152 valence electrons. The number of hydrogen-bond donors (Lipinski definition) is 0. The summed E-state index contributed by atoms with van der Waals surface area (Å²) in [5, 5.41) is 0.492. The topological polar surface area (TPSA) is 57.7 Å². The molecule has 2 aliphatic rings. The van der Waals surface area contributed by atoms with Crippen molar-refractivity contribution in [2.75, 3.05) is 24.4 Å². The van der Waals surface area contributed by atoms with Crippen LogP contribution in [0.3, 0.4) is 0 Å². The summed E-state index contributed by atoms with van der Waals surface area (Å²) in [6, 6.07) is 14.3. The van der Waals surface area contributed by atoms with Gasteiger partial charge in [-0.2, -0.15) is 0 Å². The molecule has 2 heterocycles. The standard InChI is InChI=1S/C22H23ClN2O3S/c1-24-19-12-11-17(23)15-18(19)20(16-9-5-4-6-10-16)21(29(24,27)28)22(26)25-13-7-2-3-8-14-25/h4-6,9-12,15H,2-3,7-8,13-14H2,1H3. The number of likely N-dealkylation sites (tertiary alicyclic amines) is 1. The van der Waals surface area contributed by atoms with Crippen molar-refractivity contribution in [1.82, 2.24) is 4.90 Å². The molecule has 1 saturated heterocycles. The van der Waals surface area contributed by atoms with Gasteiger partial charge in [-0.25, -0.2) is 8.42 Å². The minimum atomic E-state index is -4.01. The van der Waals surface area contributed by atoms with Gasteiger partial charge in [0, 0.05) is 36.3 Å². The number of halogens is 1. The summed E-state index contributed by atoms with van der Waals surface area (Å²) in [5.74, 6) is -0.428. The summed E-state index contributed by atoms with van der Waals surface area (Å²) in [6.45, 7) is 1.15. The quantitative estimate of drug-likeness (QED) is 0.714. The lowest BCUT2D eigenvalue weighted by Crippen LogP contribution is -2.41. The number of sulfonamides is 1. The maximum atomic E-state index is 13.6. The van der Waals surface area contributed by atoms with Crippen molar-refractivity contribution in [3.63, 3.8) is 0 Å². The van der Waals surface area contributed by atoms with Crippen LogP contribution in [0.1, 0.15) is 36.8 Å². The van der Waals surface area contributed by atoms with Gasteiger partial charge in [-0.05, 0) is 36.6 Å². The number of carbonyl (C=O) groups is 1. The van der Waals surface area contributed by atoms with Gasteiger partial charge in [0.15, 0.2) is 4.91 Å². The number of benzene rings is 2. The van der Waals surface area contributed by atoms with Crippen LogP contribution in [0.5, 0.6) is 0 Å². The molecule has 4 rings (SSSR count). The minimum Gasteiger partial charge on any atom is -0.338 e. The van der Waals surface area contributed by atoms with Crippen LogP contribution in [-0.2, 0) is 14.8 Å². The number of fused-ring (bicyclic) bond motifs is 1. The molecule has 0 bridgehead atoms. The lowest BCUT2D eigenvalue weighted by atomic mass is 9.95. The molecule has 0 radical (unpaired) electrons. The van der Waals surface area contributed by atoms with Gasteiger partial charge in [-0.15, -0.1) is 0 Å². The molecule has 5 nitrogen and oxygen atoms in total. The Hall–Kier alpha value is -2.31. The molecule has 0 saturated carbocycles. The molecule has 0 N–H and O–H groups in total. The highest BCUT2D eigenvalue weighted by molar-refractivity contribution is 7.97. The Balaban J connectivity index is 2.00. The van der Waals surface area contributed by atoms with E-state index in [4.69, 9.17) is 11.6 Å². The summed E-state index contributed by atoms with van der Waals surface area (Å²) in [7, 11) is -2.52. The van der Waals surface area contributed by atoms with E-state index in [1.165, 1.54) is 11.4 Å². The van der Waals surface area contributed by atoms with Crippen molar-refractivity contribution in [2.45, 2.75) is 25.7 Å². The third-order valence-electron chi connectivity index (χ3n) is 5.56. The zero-order valence-corrected chi connectivity index (χ0v) is 17.8. The number of nitrogens with zero attached hydrogens (tertiary/aromatic N) is 2. The largest absolute Gasteiger partial charge is 0.338 e. The van der Waals surface area contributed by atoms with E-state index >= 15 is 0 Å². The minimum absolute atomic E-state index is 0.164. The summed E-state index contributed by atoms with van der Waals surface area (Å²) < 4.78 is 28.2. The molecule has 0 spiro atoms. The van der Waals surface area contributed by atoms with Crippen LogP contribution in [0.2, 0.25) is 5.02 Å². The molecular formula is C22H23ClN2O3S. The molecule has 7 heteroatoms. The van der Waals surface area contributed by atoms with Gasteiger partial charge in [-0.3, -0.25) is 9.10 Å². The SMILES string of the molecule is CN1c2ccc(Cl)cc2C(c2ccccc2)=C(C(=O)N2CCCCCC2)S1(=O)=O. The van der Waals surface area contributed by atoms with E-state index < -0.39 is 15.9 Å². The van der Waals surface area contributed by atoms with Gasteiger partial charge >= 0.3 is 0 Å². The predicted molar refractivity (Wildman–Crippen MR) is 116 cm³/mol. The second-order valence-corrected chi connectivity index (χ2v) is 9.75. The van der Waals surface area contributed by atoms with Crippen LogP contribution in [0.15, 0.2) is 53.4 Å². The Bertz CT molecular complexity index is 1070. The maximum absolute atomic E-state index is 13.6. The summed E-state index contributed by atoms with van der Waals surface area (Å²) >= 11 is 6.26. The first kappa shape index (κ1) is 20.0. The molecular weight excluding hydrogens is 408 g/mol. The molecule has 0 unspecified atom stereocenters.